The van der Waals surface area contributed by atoms with Crippen LogP contribution in [-0.2, 0) is 0 Å². The normalized spacial score (nSPS) is 10.2. The lowest BCUT2D eigenvalue weighted by molar-refractivity contribution is 0.222. The number of nitrogens with zero attached hydrogens (tertiary/aromatic N) is 5. The molecule has 0 bridgehead atoms. The van der Waals surface area contributed by atoms with Crippen molar-refractivity contribution in [1.29, 1.82) is 5.26 Å². The van der Waals surface area contributed by atoms with Crippen molar-refractivity contribution in [1.82, 2.24) is 15.0 Å². The third kappa shape index (κ3) is 3.57. The second-order valence-electron chi connectivity index (χ2n) is 4.66. The Hall–Kier alpha value is -2.88. The van der Waals surface area contributed by atoms with E-state index < -0.39 is 0 Å². The molecule has 0 aliphatic rings. The zero-order valence-electron chi connectivity index (χ0n) is 12.1. The summed E-state index contributed by atoms with van der Waals surface area (Å²) in [5.74, 6) is 0.471. The van der Waals surface area contributed by atoms with Crippen molar-refractivity contribution in [2.24, 2.45) is 0 Å². The third-order valence-corrected chi connectivity index (χ3v) is 2.65. The molecule has 0 spiro atoms. The van der Waals surface area contributed by atoms with Crippen LogP contribution in [0.25, 0.3) is 0 Å². The van der Waals surface area contributed by atoms with Gasteiger partial charge in [0.2, 0.25) is 11.9 Å². The summed E-state index contributed by atoms with van der Waals surface area (Å²) in [6, 6.07) is 9.32. The quantitative estimate of drug-likeness (QED) is 0.914. The fourth-order valence-corrected chi connectivity index (χ4v) is 1.65. The first-order chi connectivity index (χ1) is 9.99. The molecule has 0 radical (unpaired) electrons. The predicted octanol–water partition coefficient (Wildman–Crippen LogP) is 1.88. The highest BCUT2D eigenvalue weighted by atomic mass is 16.5. The lowest BCUT2D eigenvalue weighted by Gasteiger charge is -2.18. The van der Waals surface area contributed by atoms with Crippen LogP contribution in [0.4, 0.5) is 17.6 Å². The van der Waals surface area contributed by atoms with Gasteiger partial charge in [0.15, 0.2) is 0 Å². The highest BCUT2D eigenvalue weighted by Crippen LogP contribution is 2.22. The van der Waals surface area contributed by atoms with Gasteiger partial charge >= 0.3 is 6.01 Å². The summed E-state index contributed by atoms with van der Waals surface area (Å²) >= 11 is 0. The molecule has 7 nitrogen and oxygen atoms in total. The summed E-state index contributed by atoms with van der Waals surface area (Å²) in [5.41, 5.74) is 7.10. The van der Waals surface area contributed by atoms with Gasteiger partial charge < -0.3 is 15.4 Å². The summed E-state index contributed by atoms with van der Waals surface area (Å²) in [5, 5.41) is 8.81. The van der Waals surface area contributed by atoms with Gasteiger partial charge in [0, 0.05) is 12.7 Å². The molecule has 0 saturated carbocycles. The van der Waals surface area contributed by atoms with E-state index in [4.69, 9.17) is 15.7 Å². The van der Waals surface area contributed by atoms with Crippen LogP contribution in [0.3, 0.4) is 0 Å². The van der Waals surface area contributed by atoms with Crippen LogP contribution in [0.15, 0.2) is 24.3 Å². The SMILES string of the molecule is CC(C)Oc1nc(N)nc(N(C)c2ccc(C#N)cc2)n1. The molecule has 0 saturated heterocycles. The Morgan fingerprint density at radius 2 is 1.86 bits per heavy atom. The fourth-order valence-electron chi connectivity index (χ4n) is 1.65. The molecule has 7 heteroatoms. The van der Waals surface area contributed by atoms with Crippen molar-refractivity contribution in [3.8, 4) is 12.1 Å². The van der Waals surface area contributed by atoms with Gasteiger partial charge in [-0.05, 0) is 38.1 Å². The second-order valence-corrected chi connectivity index (χ2v) is 4.66. The number of hydrogen-bond acceptors (Lipinski definition) is 7. The van der Waals surface area contributed by atoms with Gasteiger partial charge in [-0.3, -0.25) is 0 Å². The van der Waals surface area contributed by atoms with Crippen molar-refractivity contribution < 1.29 is 4.74 Å². The minimum atomic E-state index is -0.0557. The number of anilines is 3. The largest absolute Gasteiger partial charge is 0.461 e. The number of ether oxygens (including phenoxy) is 1. The first-order valence-corrected chi connectivity index (χ1v) is 6.41. The Labute approximate surface area is 123 Å². The van der Waals surface area contributed by atoms with E-state index in [0.29, 0.717) is 11.5 Å². The molecule has 1 heterocycles. The van der Waals surface area contributed by atoms with Crippen molar-refractivity contribution in [3.05, 3.63) is 29.8 Å². The summed E-state index contributed by atoms with van der Waals surface area (Å²) < 4.78 is 5.45. The van der Waals surface area contributed by atoms with E-state index in [0.717, 1.165) is 5.69 Å². The van der Waals surface area contributed by atoms with E-state index in [1.165, 1.54) is 0 Å². The van der Waals surface area contributed by atoms with Crippen LogP contribution < -0.4 is 15.4 Å². The lowest BCUT2D eigenvalue weighted by Crippen LogP contribution is -2.17. The third-order valence-electron chi connectivity index (χ3n) is 2.65. The topological polar surface area (TPSA) is 101 Å². The molecule has 0 aliphatic carbocycles. The summed E-state index contributed by atoms with van der Waals surface area (Å²) in [6.07, 6.45) is -0.0557. The standard InChI is InChI=1S/C14H16N6O/c1-9(2)21-14-18-12(16)17-13(19-14)20(3)11-6-4-10(8-15)5-7-11/h4-7,9H,1-3H3,(H2,16,17,18,19). The van der Waals surface area contributed by atoms with Gasteiger partial charge in [-0.25, -0.2) is 0 Å². The monoisotopic (exact) mass is 284 g/mol. The molecule has 2 rings (SSSR count). The molecule has 21 heavy (non-hydrogen) atoms. The summed E-state index contributed by atoms with van der Waals surface area (Å²) in [6.45, 7) is 3.76. The van der Waals surface area contributed by atoms with Crippen molar-refractivity contribution in [3.63, 3.8) is 0 Å². The average Bonchev–Trinajstić information content (AvgIpc) is 2.45. The Balaban J connectivity index is 2.31. The molecule has 1 aromatic heterocycles. The molecule has 0 unspecified atom stereocenters. The maximum Gasteiger partial charge on any atom is 0.323 e. The molecule has 0 atom stereocenters. The van der Waals surface area contributed by atoms with Crippen LogP contribution in [0.1, 0.15) is 19.4 Å². The molecule has 0 aliphatic heterocycles. The van der Waals surface area contributed by atoms with E-state index >= 15 is 0 Å². The van der Waals surface area contributed by atoms with E-state index in [2.05, 4.69) is 21.0 Å². The van der Waals surface area contributed by atoms with Crippen molar-refractivity contribution in [2.75, 3.05) is 17.7 Å². The van der Waals surface area contributed by atoms with E-state index in [1.54, 1.807) is 24.1 Å². The molecule has 0 fully saturated rings. The number of rotatable bonds is 4. The first kappa shape index (κ1) is 14.5. The summed E-state index contributed by atoms with van der Waals surface area (Å²) in [7, 11) is 1.80. The van der Waals surface area contributed by atoms with E-state index in [9.17, 15) is 0 Å². The van der Waals surface area contributed by atoms with Crippen LogP contribution in [0.5, 0.6) is 6.01 Å². The molecule has 2 N–H and O–H groups in total. The fraction of sp³-hybridized carbons (Fsp3) is 0.286. The van der Waals surface area contributed by atoms with Crippen LogP contribution >= 0.6 is 0 Å². The molecule has 1 aromatic carbocycles. The maximum absolute atomic E-state index is 8.81. The Morgan fingerprint density at radius 1 is 1.19 bits per heavy atom. The zero-order chi connectivity index (χ0) is 15.4. The molecular weight excluding hydrogens is 268 g/mol. The Kier molecular flexibility index (Phi) is 4.18. The number of nitriles is 1. The molecule has 2 aromatic rings. The summed E-state index contributed by atoms with van der Waals surface area (Å²) in [4.78, 5) is 14.0. The van der Waals surface area contributed by atoms with Gasteiger partial charge in [0.25, 0.3) is 0 Å². The highest BCUT2D eigenvalue weighted by Gasteiger charge is 2.12. The van der Waals surface area contributed by atoms with Crippen molar-refractivity contribution >= 4 is 17.6 Å². The predicted molar refractivity (Wildman–Crippen MR) is 79.2 cm³/mol. The van der Waals surface area contributed by atoms with Crippen LogP contribution in [-0.4, -0.2) is 28.1 Å². The average molecular weight is 284 g/mol. The number of benzene rings is 1. The van der Waals surface area contributed by atoms with Gasteiger partial charge in [0.05, 0.1) is 17.7 Å². The number of aromatic nitrogens is 3. The van der Waals surface area contributed by atoms with Gasteiger partial charge in [0.1, 0.15) is 0 Å². The number of nitrogens with two attached hydrogens (primary N) is 1. The molecule has 0 amide bonds. The van der Waals surface area contributed by atoms with Gasteiger partial charge in [-0.15, -0.1) is 0 Å². The zero-order valence-corrected chi connectivity index (χ0v) is 12.1. The highest BCUT2D eigenvalue weighted by molar-refractivity contribution is 5.58. The lowest BCUT2D eigenvalue weighted by atomic mass is 10.2. The smallest absolute Gasteiger partial charge is 0.323 e. The van der Waals surface area contributed by atoms with E-state index in [-0.39, 0.29) is 18.1 Å². The molecule has 108 valence electrons. The van der Waals surface area contributed by atoms with Crippen LogP contribution in [0, 0.1) is 11.3 Å². The van der Waals surface area contributed by atoms with Gasteiger partial charge in [-0.2, -0.15) is 20.2 Å². The maximum atomic E-state index is 8.81. The number of nitrogen functional groups attached to an aromatic ring is 1. The van der Waals surface area contributed by atoms with Crippen molar-refractivity contribution in [2.45, 2.75) is 20.0 Å². The van der Waals surface area contributed by atoms with E-state index in [1.807, 2.05) is 26.0 Å². The second kappa shape index (κ2) is 6.05. The first-order valence-electron chi connectivity index (χ1n) is 6.41. The number of hydrogen-bond donors (Lipinski definition) is 1. The Bertz CT molecular complexity index is 662. The molecular formula is C14H16N6O. The van der Waals surface area contributed by atoms with Crippen LogP contribution in [0.2, 0.25) is 0 Å². The minimum absolute atomic E-state index is 0.0557. The Morgan fingerprint density at radius 3 is 2.43 bits per heavy atom. The van der Waals surface area contributed by atoms with Gasteiger partial charge in [-0.1, -0.05) is 0 Å². The minimum Gasteiger partial charge on any atom is -0.461 e.